The minimum Gasteiger partial charge on any atom is -0.480 e. The van der Waals surface area contributed by atoms with E-state index >= 15 is 0 Å². The minimum atomic E-state index is -0.245. The molecule has 0 amide bonds. The van der Waals surface area contributed by atoms with Crippen LogP contribution in [0.1, 0.15) is 11.6 Å². The van der Waals surface area contributed by atoms with Crippen LogP contribution in [-0.4, -0.2) is 40.8 Å². The van der Waals surface area contributed by atoms with Crippen LogP contribution < -0.4 is 10.5 Å². The molecule has 0 fully saturated rings. The van der Waals surface area contributed by atoms with E-state index in [-0.39, 0.29) is 11.2 Å². The molecule has 8 heteroatoms. The summed E-state index contributed by atoms with van der Waals surface area (Å²) >= 11 is 5.89. The molecule has 2 heterocycles. The lowest BCUT2D eigenvalue weighted by molar-refractivity contribution is 0.162. The van der Waals surface area contributed by atoms with E-state index in [1.54, 1.807) is 30.3 Å². The Labute approximate surface area is 115 Å². The molecule has 19 heavy (non-hydrogen) atoms. The van der Waals surface area contributed by atoms with Crippen molar-refractivity contribution in [2.75, 3.05) is 26.6 Å². The van der Waals surface area contributed by atoms with Crippen LogP contribution in [0.3, 0.4) is 0 Å². The van der Waals surface area contributed by atoms with Crippen LogP contribution >= 0.6 is 11.6 Å². The predicted octanol–water partition coefficient (Wildman–Crippen LogP) is 1.15. The number of hydrogen-bond donors (Lipinski definition) is 1. The van der Waals surface area contributed by atoms with Gasteiger partial charge < -0.3 is 15.2 Å². The molecule has 1 atom stereocenters. The van der Waals surface area contributed by atoms with Gasteiger partial charge in [0.25, 0.3) is 0 Å². The van der Waals surface area contributed by atoms with Gasteiger partial charge >= 0.3 is 0 Å². The number of halogens is 1. The number of anilines is 1. The third kappa shape index (κ3) is 2.94. The van der Waals surface area contributed by atoms with Crippen molar-refractivity contribution in [3.8, 4) is 5.88 Å². The van der Waals surface area contributed by atoms with E-state index < -0.39 is 0 Å². The highest BCUT2D eigenvalue weighted by molar-refractivity contribution is 6.29. The molecule has 0 radical (unpaired) electrons. The van der Waals surface area contributed by atoms with E-state index in [0.29, 0.717) is 18.2 Å². The molecule has 1 unspecified atom stereocenters. The largest absolute Gasteiger partial charge is 0.480 e. The van der Waals surface area contributed by atoms with Gasteiger partial charge in [-0.3, -0.25) is 4.68 Å². The summed E-state index contributed by atoms with van der Waals surface area (Å²) in [6.07, 6.45) is 3.27. The zero-order valence-corrected chi connectivity index (χ0v) is 11.3. The molecule has 0 saturated carbocycles. The highest BCUT2D eigenvalue weighted by Crippen LogP contribution is 2.27. The summed E-state index contributed by atoms with van der Waals surface area (Å²) < 4.78 is 12.1. The first-order chi connectivity index (χ1) is 9.15. The van der Waals surface area contributed by atoms with Crippen LogP contribution in [0.4, 0.5) is 5.69 Å². The molecule has 0 aromatic carbocycles. The van der Waals surface area contributed by atoms with E-state index in [9.17, 15) is 0 Å². The molecule has 0 aliphatic heterocycles. The summed E-state index contributed by atoms with van der Waals surface area (Å²) in [5.74, 6) is 0.375. The van der Waals surface area contributed by atoms with Crippen molar-refractivity contribution in [1.82, 2.24) is 20.0 Å². The van der Waals surface area contributed by atoms with Gasteiger partial charge in [-0.05, 0) is 6.07 Å². The van der Waals surface area contributed by atoms with Gasteiger partial charge in [-0.15, -0.1) is 10.2 Å². The molecule has 0 bridgehead atoms. The maximum Gasteiger partial charge on any atom is 0.238 e. The first-order valence-electron chi connectivity index (χ1n) is 5.51. The van der Waals surface area contributed by atoms with E-state index in [4.69, 9.17) is 26.8 Å². The van der Waals surface area contributed by atoms with Gasteiger partial charge in [0.2, 0.25) is 5.88 Å². The molecule has 2 aromatic rings. The van der Waals surface area contributed by atoms with Crippen LogP contribution in [0, 0.1) is 0 Å². The topological polar surface area (TPSA) is 88.1 Å². The lowest BCUT2D eigenvalue weighted by Gasteiger charge is -2.18. The van der Waals surface area contributed by atoms with Crippen molar-refractivity contribution in [3.63, 3.8) is 0 Å². The van der Waals surface area contributed by atoms with E-state index in [0.717, 1.165) is 5.56 Å². The SMILES string of the molecule is COCC(c1cc(Cl)nnc1OC)n1cc(N)cn1. The van der Waals surface area contributed by atoms with Crippen molar-refractivity contribution in [1.29, 1.82) is 0 Å². The highest BCUT2D eigenvalue weighted by Gasteiger charge is 2.21. The molecule has 2 rings (SSSR count). The molecule has 102 valence electrons. The van der Waals surface area contributed by atoms with Crippen molar-refractivity contribution in [2.45, 2.75) is 6.04 Å². The molecule has 2 N–H and O–H groups in total. The zero-order valence-electron chi connectivity index (χ0n) is 10.6. The van der Waals surface area contributed by atoms with Gasteiger partial charge in [-0.1, -0.05) is 11.6 Å². The molecule has 0 saturated heterocycles. The Bertz CT molecular complexity index is 560. The molecule has 0 aliphatic rings. The second-order valence-corrected chi connectivity index (χ2v) is 4.24. The quantitative estimate of drug-likeness (QED) is 0.886. The van der Waals surface area contributed by atoms with E-state index in [1.165, 1.54) is 7.11 Å². The number of nitrogen functional groups attached to an aromatic ring is 1. The lowest BCUT2D eigenvalue weighted by Crippen LogP contribution is -2.18. The van der Waals surface area contributed by atoms with Crippen LogP contribution in [-0.2, 0) is 4.74 Å². The number of nitrogens with two attached hydrogens (primary N) is 1. The van der Waals surface area contributed by atoms with E-state index in [1.807, 2.05) is 0 Å². The first kappa shape index (κ1) is 13.6. The fourth-order valence-corrected chi connectivity index (χ4v) is 1.91. The predicted molar refractivity (Wildman–Crippen MR) is 70.2 cm³/mol. The minimum absolute atomic E-state index is 0.245. The number of ether oxygens (including phenoxy) is 2. The van der Waals surface area contributed by atoms with Gasteiger partial charge in [0.1, 0.15) is 6.04 Å². The normalized spacial score (nSPS) is 12.4. The number of nitrogens with zero attached hydrogens (tertiary/aromatic N) is 4. The Morgan fingerprint density at radius 1 is 1.42 bits per heavy atom. The molecule has 2 aromatic heterocycles. The molecule has 7 nitrogen and oxygen atoms in total. The smallest absolute Gasteiger partial charge is 0.238 e. The number of rotatable bonds is 5. The Morgan fingerprint density at radius 2 is 2.21 bits per heavy atom. The highest BCUT2D eigenvalue weighted by atomic mass is 35.5. The zero-order chi connectivity index (χ0) is 13.8. The van der Waals surface area contributed by atoms with Crippen LogP contribution in [0.15, 0.2) is 18.5 Å². The lowest BCUT2D eigenvalue weighted by atomic mass is 10.1. The average molecular weight is 284 g/mol. The van der Waals surface area contributed by atoms with Gasteiger partial charge in [0, 0.05) is 18.9 Å². The number of methoxy groups -OCH3 is 2. The van der Waals surface area contributed by atoms with Crippen LogP contribution in [0.5, 0.6) is 5.88 Å². The van der Waals surface area contributed by atoms with Crippen LogP contribution in [0.2, 0.25) is 5.15 Å². The fraction of sp³-hybridized carbons (Fsp3) is 0.364. The summed E-state index contributed by atoms with van der Waals surface area (Å²) in [5.41, 5.74) is 6.97. The fourth-order valence-electron chi connectivity index (χ4n) is 1.76. The summed E-state index contributed by atoms with van der Waals surface area (Å²) in [6.45, 7) is 0.375. The Balaban J connectivity index is 2.46. The molecule has 0 spiro atoms. The van der Waals surface area contributed by atoms with Gasteiger partial charge in [-0.2, -0.15) is 5.10 Å². The van der Waals surface area contributed by atoms with Crippen molar-refractivity contribution >= 4 is 17.3 Å². The van der Waals surface area contributed by atoms with Crippen molar-refractivity contribution in [3.05, 3.63) is 29.2 Å². The number of aromatic nitrogens is 4. The average Bonchev–Trinajstić information content (AvgIpc) is 2.82. The maximum atomic E-state index is 5.89. The van der Waals surface area contributed by atoms with Crippen molar-refractivity contribution < 1.29 is 9.47 Å². The Kier molecular flexibility index (Phi) is 4.18. The maximum absolute atomic E-state index is 5.89. The van der Waals surface area contributed by atoms with Gasteiger partial charge in [-0.25, -0.2) is 0 Å². The standard InChI is InChI=1S/C11H14ClN5O2/c1-18-6-9(17-5-7(13)4-14-17)8-3-10(12)15-16-11(8)19-2/h3-5,9H,6,13H2,1-2H3. The Hall–Kier alpha value is -1.86. The summed E-state index contributed by atoms with van der Waals surface area (Å²) in [6, 6.07) is 1.43. The van der Waals surface area contributed by atoms with Crippen LogP contribution in [0.25, 0.3) is 0 Å². The van der Waals surface area contributed by atoms with Crippen molar-refractivity contribution in [2.24, 2.45) is 0 Å². The summed E-state index contributed by atoms with van der Waals surface area (Å²) in [4.78, 5) is 0. The van der Waals surface area contributed by atoms with Gasteiger partial charge in [0.15, 0.2) is 5.15 Å². The van der Waals surface area contributed by atoms with E-state index in [2.05, 4.69) is 15.3 Å². The second-order valence-electron chi connectivity index (χ2n) is 3.86. The number of hydrogen-bond acceptors (Lipinski definition) is 6. The molecular formula is C11H14ClN5O2. The third-order valence-corrected chi connectivity index (χ3v) is 2.76. The second kappa shape index (κ2) is 5.85. The first-order valence-corrected chi connectivity index (χ1v) is 5.89. The van der Waals surface area contributed by atoms with Gasteiger partial charge in [0.05, 0.1) is 25.6 Å². The molecule has 0 aliphatic carbocycles. The summed E-state index contributed by atoms with van der Waals surface area (Å²) in [7, 11) is 3.12. The Morgan fingerprint density at radius 3 is 2.79 bits per heavy atom. The monoisotopic (exact) mass is 283 g/mol. The molecular weight excluding hydrogens is 270 g/mol. The summed E-state index contributed by atoms with van der Waals surface area (Å²) in [5, 5.41) is 12.1. The third-order valence-electron chi connectivity index (χ3n) is 2.58.